The molecule has 4 rings (SSSR count). The Balaban J connectivity index is 1.38. The number of nitrogens with one attached hydrogen (secondary N) is 1. The zero-order valence-electron chi connectivity index (χ0n) is 18.3. The smallest absolute Gasteiger partial charge is 0.325 e. The van der Waals surface area contributed by atoms with Crippen molar-refractivity contribution >= 4 is 11.9 Å². The van der Waals surface area contributed by atoms with Crippen molar-refractivity contribution in [3.8, 4) is 0 Å². The number of ether oxygens (including phenoxy) is 1. The van der Waals surface area contributed by atoms with Crippen LogP contribution in [0.25, 0.3) is 0 Å². The van der Waals surface area contributed by atoms with E-state index in [4.69, 9.17) is 4.74 Å². The van der Waals surface area contributed by atoms with Crippen molar-refractivity contribution in [1.82, 2.24) is 10.2 Å². The van der Waals surface area contributed by atoms with E-state index < -0.39 is 17.7 Å². The molecule has 1 aromatic rings. The van der Waals surface area contributed by atoms with Gasteiger partial charge in [-0.2, -0.15) is 0 Å². The van der Waals surface area contributed by atoms with Crippen LogP contribution in [-0.2, 0) is 16.0 Å². The van der Waals surface area contributed by atoms with Gasteiger partial charge in [0.25, 0.3) is 5.91 Å². The Hall–Kier alpha value is -1.92. The van der Waals surface area contributed by atoms with Crippen molar-refractivity contribution in [2.45, 2.75) is 77.0 Å². The number of carbonyl (C=O) groups is 2. The van der Waals surface area contributed by atoms with Crippen LogP contribution in [0.2, 0.25) is 0 Å². The first-order valence-electron chi connectivity index (χ1n) is 11.2. The number of aliphatic hydroxyl groups is 1. The Morgan fingerprint density at radius 1 is 1.27 bits per heavy atom. The molecule has 2 aliphatic carbocycles. The molecular weight excluding hydrogens is 380 g/mol. The largest absolute Gasteiger partial charge is 0.389 e. The molecular formula is C24H34N2O4. The number of carbonyl (C=O) groups excluding carboxylic acids is 2. The van der Waals surface area contributed by atoms with Crippen LogP contribution in [0.4, 0.5) is 4.79 Å². The van der Waals surface area contributed by atoms with Crippen molar-refractivity contribution in [2.24, 2.45) is 11.3 Å². The third kappa shape index (κ3) is 4.12. The Morgan fingerprint density at radius 3 is 2.80 bits per heavy atom. The minimum atomic E-state index is -0.905. The lowest BCUT2D eigenvalue weighted by molar-refractivity contribution is -0.136. The molecule has 6 heteroatoms. The lowest BCUT2D eigenvalue weighted by atomic mass is 9.64. The van der Waals surface area contributed by atoms with Crippen molar-refractivity contribution in [1.29, 1.82) is 0 Å². The summed E-state index contributed by atoms with van der Waals surface area (Å²) in [6.45, 7) is 6.50. The summed E-state index contributed by atoms with van der Waals surface area (Å²) in [5.41, 5.74) is 1.64. The quantitative estimate of drug-likeness (QED) is 0.722. The summed E-state index contributed by atoms with van der Waals surface area (Å²) in [4.78, 5) is 27.0. The number of hydrogen-bond donors (Lipinski definition) is 2. The maximum Gasteiger partial charge on any atom is 0.325 e. The van der Waals surface area contributed by atoms with Crippen LogP contribution in [0.1, 0.15) is 70.1 Å². The van der Waals surface area contributed by atoms with Gasteiger partial charge in [-0.3, -0.25) is 9.69 Å². The summed E-state index contributed by atoms with van der Waals surface area (Å²) in [7, 11) is 0. The van der Waals surface area contributed by atoms with Crippen LogP contribution in [0, 0.1) is 11.3 Å². The lowest BCUT2D eigenvalue weighted by Crippen LogP contribution is -2.54. The van der Waals surface area contributed by atoms with E-state index in [1.165, 1.54) is 16.0 Å². The highest BCUT2D eigenvalue weighted by atomic mass is 16.5. The molecule has 1 spiro atoms. The molecule has 1 aromatic carbocycles. The number of nitrogens with zero attached hydrogens (tertiary/aromatic N) is 1. The summed E-state index contributed by atoms with van der Waals surface area (Å²) in [6, 6.07) is 7.86. The molecule has 0 aromatic heterocycles. The number of β-amino-alcohol motifs (C(OH)–C–C–N with tert-alkyl or cyclic N) is 1. The Morgan fingerprint density at radius 2 is 2.03 bits per heavy atom. The Labute approximate surface area is 179 Å². The SMILES string of the molecule is C[C@@H]1CC(C)(C)C[C@]2(C1)NC(=O)N(C[C@H](O)CO[C@H]1CCCc3ccccc31)C2=O. The average molecular weight is 415 g/mol. The minimum absolute atomic E-state index is 0.00723. The van der Waals surface area contributed by atoms with Gasteiger partial charge in [-0.15, -0.1) is 0 Å². The van der Waals surface area contributed by atoms with E-state index in [2.05, 4.69) is 38.2 Å². The van der Waals surface area contributed by atoms with Crippen molar-refractivity contribution in [3.63, 3.8) is 0 Å². The van der Waals surface area contributed by atoms with Crippen molar-refractivity contribution in [2.75, 3.05) is 13.2 Å². The van der Waals surface area contributed by atoms with Gasteiger partial charge in [0.05, 0.1) is 25.4 Å². The number of urea groups is 1. The first kappa shape index (κ1) is 21.3. The highest BCUT2D eigenvalue weighted by molar-refractivity contribution is 6.07. The van der Waals surface area contributed by atoms with Crippen LogP contribution in [0.5, 0.6) is 0 Å². The van der Waals surface area contributed by atoms with E-state index in [0.29, 0.717) is 18.8 Å². The second-order valence-corrected chi connectivity index (χ2v) is 10.3. The fourth-order valence-corrected chi connectivity index (χ4v) is 6.04. The molecule has 6 nitrogen and oxygen atoms in total. The highest BCUT2D eigenvalue weighted by Gasteiger charge is 2.56. The van der Waals surface area contributed by atoms with Crippen LogP contribution in [-0.4, -0.2) is 46.7 Å². The summed E-state index contributed by atoms with van der Waals surface area (Å²) < 4.78 is 6.02. The van der Waals surface area contributed by atoms with E-state index in [1.807, 2.05) is 12.1 Å². The molecule has 164 valence electrons. The fourth-order valence-electron chi connectivity index (χ4n) is 6.04. The van der Waals surface area contributed by atoms with E-state index in [0.717, 1.165) is 25.7 Å². The van der Waals surface area contributed by atoms with Gasteiger partial charge in [0.15, 0.2) is 0 Å². The number of benzene rings is 1. The third-order valence-corrected chi connectivity index (χ3v) is 6.82. The zero-order valence-corrected chi connectivity index (χ0v) is 18.3. The standard InChI is InChI=1S/C24H34N2O4/c1-16-11-23(2,3)15-24(12-16)21(28)26(22(29)25-24)13-18(27)14-30-20-10-6-8-17-7-4-5-9-19(17)20/h4-5,7,9,16,18,20,27H,6,8,10-15H2,1-3H3,(H,25,29)/t16-,18+,20+,24+/m1/s1. The molecule has 0 unspecified atom stereocenters. The van der Waals surface area contributed by atoms with Gasteiger partial charge in [0.1, 0.15) is 5.54 Å². The number of imide groups is 1. The second-order valence-electron chi connectivity index (χ2n) is 10.3. The molecule has 4 atom stereocenters. The summed E-state index contributed by atoms with van der Waals surface area (Å²) in [5.74, 6) is 0.159. The minimum Gasteiger partial charge on any atom is -0.389 e. The van der Waals surface area contributed by atoms with Gasteiger partial charge >= 0.3 is 6.03 Å². The van der Waals surface area contributed by atoms with Crippen molar-refractivity contribution in [3.05, 3.63) is 35.4 Å². The number of aryl methyl sites for hydroxylation is 1. The van der Waals surface area contributed by atoms with Crippen LogP contribution < -0.4 is 5.32 Å². The number of fused-ring (bicyclic) bond motifs is 1. The molecule has 1 saturated carbocycles. The number of aliphatic hydroxyl groups excluding tert-OH is 1. The van der Waals surface area contributed by atoms with E-state index in [1.54, 1.807) is 0 Å². The molecule has 3 amide bonds. The summed E-state index contributed by atoms with van der Waals surface area (Å²) in [6.07, 6.45) is 4.41. The first-order chi connectivity index (χ1) is 14.2. The van der Waals surface area contributed by atoms with Gasteiger partial charge in [0.2, 0.25) is 0 Å². The predicted octanol–water partition coefficient (Wildman–Crippen LogP) is 3.58. The third-order valence-electron chi connectivity index (χ3n) is 6.82. The van der Waals surface area contributed by atoms with Crippen LogP contribution >= 0.6 is 0 Å². The molecule has 1 aliphatic heterocycles. The van der Waals surface area contributed by atoms with Gasteiger partial charge in [-0.05, 0) is 61.0 Å². The Kier molecular flexibility index (Phi) is 5.66. The second kappa shape index (κ2) is 7.97. The predicted molar refractivity (Wildman–Crippen MR) is 114 cm³/mol. The van der Waals surface area contributed by atoms with Crippen molar-refractivity contribution < 1.29 is 19.4 Å². The topological polar surface area (TPSA) is 78.9 Å². The molecule has 2 fully saturated rings. The molecule has 30 heavy (non-hydrogen) atoms. The van der Waals surface area contributed by atoms with E-state index in [-0.39, 0.29) is 30.6 Å². The molecule has 2 N–H and O–H groups in total. The number of rotatable bonds is 5. The zero-order chi connectivity index (χ0) is 21.5. The van der Waals surface area contributed by atoms with Gasteiger partial charge in [-0.25, -0.2) is 4.79 Å². The first-order valence-corrected chi connectivity index (χ1v) is 11.2. The van der Waals surface area contributed by atoms with Gasteiger partial charge < -0.3 is 15.2 Å². The van der Waals surface area contributed by atoms with E-state index >= 15 is 0 Å². The molecule has 1 saturated heterocycles. The molecule has 3 aliphatic rings. The fraction of sp³-hybridized carbons (Fsp3) is 0.667. The maximum atomic E-state index is 13.2. The highest BCUT2D eigenvalue weighted by Crippen LogP contribution is 2.46. The molecule has 0 radical (unpaired) electrons. The van der Waals surface area contributed by atoms with Crippen LogP contribution in [0.3, 0.4) is 0 Å². The van der Waals surface area contributed by atoms with E-state index in [9.17, 15) is 14.7 Å². The lowest BCUT2D eigenvalue weighted by Gasteiger charge is -2.43. The monoisotopic (exact) mass is 414 g/mol. The number of hydrogen-bond acceptors (Lipinski definition) is 4. The summed E-state index contributed by atoms with van der Waals surface area (Å²) >= 11 is 0. The average Bonchev–Trinajstić information content (AvgIpc) is 2.88. The van der Waals surface area contributed by atoms with Gasteiger partial charge in [0, 0.05) is 0 Å². The molecule has 1 heterocycles. The maximum absolute atomic E-state index is 13.2. The summed E-state index contributed by atoms with van der Waals surface area (Å²) in [5, 5.41) is 13.5. The normalized spacial score (nSPS) is 31.5. The number of amides is 3. The Bertz CT molecular complexity index is 823. The van der Waals surface area contributed by atoms with Crippen LogP contribution in [0.15, 0.2) is 24.3 Å². The molecule has 0 bridgehead atoms. The van der Waals surface area contributed by atoms with Gasteiger partial charge in [-0.1, -0.05) is 45.0 Å².